The van der Waals surface area contributed by atoms with Crippen molar-refractivity contribution in [1.29, 1.82) is 0 Å². The largest absolute Gasteiger partial charge is 0.497 e. The average Bonchev–Trinajstić information content (AvgIpc) is 3.08. The van der Waals surface area contributed by atoms with Crippen LogP contribution in [0.25, 0.3) is 22.2 Å². The fourth-order valence-electron chi connectivity index (χ4n) is 2.96. The van der Waals surface area contributed by atoms with Gasteiger partial charge in [-0.1, -0.05) is 0 Å². The molecule has 2 heterocycles. The summed E-state index contributed by atoms with van der Waals surface area (Å²) < 4.78 is 8.66. The minimum atomic E-state index is 0.791. The molecule has 0 amide bonds. The van der Waals surface area contributed by atoms with Crippen molar-refractivity contribution in [2.75, 3.05) is 12.4 Å². The first-order valence-electron chi connectivity index (χ1n) is 8.11. The molecule has 26 heavy (non-hydrogen) atoms. The lowest BCUT2D eigenvalue weighted by atomic mass is 10.1. The van der Waals surface area contributed by atoms with Gasteiger partial charge in [0.25, 0.3) is 0 Å². The Hall–Kier alpha value is -2.61. The van der Waals surface area contributed by atoms with Gasteiger partial charge in [0.15, 0.2) is 0 Å². The molecule has 4 rings (SSSR count). The van der Waals surface area contributed by atoms with Crippen molar-refractivity contribution in [3.63, 3.8) is 0 Å². The zero-order valence-corrected chi connectivity index (χ0v) is 16.6. The van der Waals surface area contributed by atoms with Gasteiger partial charge in [-0.3, -0.25) is 4.98 Å². The van der Waals surface area contributed by atoms with E-state index in [0.29, 0.717) is 0 Å². The molecule has 6 heteroatoms. The SMILES string of the molecule is COc1cc(Nc2ccnc3ccc(I)cc23)cc(-c2cncn2C)c1. The Balaban J connectivity index is 1.79. The van der Waals surface area contributed by atoms with Crippen molar-refractivity contribution >= 4 is 44.9 Å². The molecule has 1 N–H and O–H groups in total. The van der Waals surface area contributed by atoms with Gasteiger partial charge in [-0.15, -0.1) is 0 Å². The Morgan fingerprint density at radius 2 is 2.00 bits per heavy atom. The molecule has 2 aromatic carbocycles. The first kappa shape index (κ1) is 16.8. The van der Waals surface area contributed by atoms with Gasteiger partial charge < -0.3 is 14.6 Å². The molecular weight excluding hydrogens is 439 g/mol. The zero-order chi connectivity index (χ0) is 18.1. The van der Waals surface area contributed by atoms with E-state index in [-0.39, 0.29) is 0 Å². The number of nitrogens with one attached hydrogen (secondary N) is 1. The number of hydrogen-bond donors (Lipinski definition) is 1. The van der Waals surface area contributed by atoms with Gasteiger partial charge in [0.1, 0.15) is 5.75 Å². The molecule has 0 saturated heterocycles. The number of ether oxygens (including phenoxy) is 1. The van der Waals surface area contributed by atoms with Gasteiger partial charge in [-0.25, -0.2) is 4.98 Å². The molecule has 130 valence electrons. The van der Waals surface area contributed by atoms with Crippen LogP contribution in [0.1, 0.15) is 0 Å². The standard InChI is InChI=1S/C20H17IN4O/c1-25-12-22-11-20(25)13-7-15(10-16(8-13)26-2)24-19-5-6-23-18-4-3-14(21)9-17(18)19/h3-12H,1-2H3,(H,23,24). The van der Waals surface area contributed by atoms with E-state index >= 15 is 0 Å². The summed E-state index contributed by atoms with van der Waals surface area (Å²) in [7, 11) is 3.66. The zero-order valence-electron chi connectivity index (χ0n) is 14.4. The number of pyridine rings is 1. The maximum Gasteiger partial charge on any atom is 0.121 e. The highest BCUT2D eigenvalue weighted by Crippen LogP contribution is 2.32. The Bertz CT molecular complexity index is 1090. The van der Waals surface area contributed by atoms with E-state index in [2.05, 4.69) is 56.1 Å². The number of aryl methyl sites for hydroxylation is 1. The van der Waals surface area contributed by atoms with Crippen LogP contribution in [0.3, 0.4) is 0 Å². The summed E-state index contributed by atoms with van der Waals surface area (Å²) in [5, 5.41) is 4.60. The molecule has 0 saturated carbocycles. The predicted octanol–water partition coefficient (Wildman–Crippen LogP) is 4.99. The van der Waals surface area contributed by atoms with Gasteiger partial charge >= 0.3 is 0 Å². The molecular formula is C20H17IN4O. The number of anilines is 2. The first-order valence-corrected chi connectivity index (χ1v) is 9.19. The van der Waals surface area contributed by atoms with Gasteiger partial charge in [0, 0.05) is 45.2 Å². The first-order chi connectivity index (χ1) is 12.6. The van der Waals surface area contributed by atoms with Gasteiger partial charge in [-0.2, -0.15) is 0 Å². The van der Waals surface area contributed by atoms with Gasteiger partial charge in [-0.05, 0) is 59.0 Å². The molecule has 0 aliphatic heterocycles. The predicted molar refractivity (Wildman–Crippen MR) is 113 cm³/mol. The Kier molecular flexibility index (Phi) is 4.50. The van der Waals surface area contributed by atoms with Crippen molar-refractivity contribution in [2.24, 2.45) is 7.05 Å². The topological polar surface area (TPSA) is 52.0 Å². The van der Waals surface area contributed by atoms with E-state index in [4.69, 9.17) is 4.74 Å². The number of benzene rings is 2. The molecule has 0 bridgehead atoms. The molecule has 5 nitrogen and oxygen atoms in total. The van der Waals surface area contributed by atoms with E-state index < -0.39 is 0 Å². The minimum Gasteiger partial charge on any atom is -0.497 e. The maximum absolute atomic E-state index is 5.49. The second kappa shape index (κ2) is 6.95. The van der Waals surface area contributed by atoms with Crippen molar-refractivity contribution < 1.29 is 4.74 Å². The molecule has 0 fully saturated rings. The lowest BCUT2D eigenvalue weighted by molar-refractivity contribution is 0.415. The second-order valence-electron chi connectivity index (χ2n) is 5.98. The molecule has 0 radical (unpaired) electrons. The lowest BCUT2D eigenvalue weighted by Crippen LogP contribution is -1.96. The fourth-order valence-corrected chi connectivity index (χ4v) is 3.45. The third kappa shape index (κ3) is 3.24. The summed E-state index contributed by atoms with van der Waals surface area (Å²) in [6, 6.07) is 14.3. The van der Waals surface area contributed by atoms with E-state index in [1.165, 1.54) is 3.57 Å². The Labute approximate surface area is 165 Å². The highest BCUT2D eigenvalue weighted by Gasteiger charge is 2.09. The second-order valence-corrected chi connectivity index (χ2v) is 7.23. The van der Waals surface area contributed by atoms with E-state index in [1.807, 2.05) is 48.3 Å². The number of imidazole rings is 1. The molecule has 0 atom stereocenters. The molecule has 0 unspecified atom stereocenters. The van der Waals surface area contributed by atoms with Crippen LogP contribution in [0, 0.1) is 3.57 Å². The summed E-state index contributed by atoms with van der Waals surface area (Å²) in [6.07, 6.45) is 5.46. The molecule has 0 aliphatic carbocycles. The smallest absolute Gasteiger partial charge is 0.121 e. The Morgan fingerprint density at radius 3 is 2.77 bits per heavy atom. The van der Waals surface area contributed by atoms with Crippen LogP contribution in [0.15, 0.2) is 61.2 Å². The monoisotopic (exact) mass is 456 g/mol. The van der Waals surface area contributed by atoms with Gasteiger partial charge in [0.05, 0.1) is 30.8 Å². The number of hydrogen-bond acceptors (Lipinski definition) is 4. The van der Waals surface area contributed by atoms with Crippen molar-refractivity contribution in [2.45, 2.75) is 0 Å². The number of aromatic nitrogens is 3. The normalized spacial score (nSPS) is 10.9. The summed E-state index contributed by atoms with van der Waals surface area (Å²) >= 11 is 2.32. The fraction of sp³-hybridized carbons (Fsp3) is 0.100. The third-order valence-electron chi connectivity index (χ3n) is 4.24. The number of fused-ring (bicyclic) bond motifs is 1. The van der Waals surface area contributed by atoms with E-state index in [1.54, 1.807) is 13.4 Å². The van der Waals surface area contributed by atoms with E-state index in [9.17, 15) is 0 Å². The van der Waals surface area contributed by atoms with Crippen LogP contribution in [0.2, 0.25) is 0 Å². The van der Waals surface area contributed by atoms with Crippen LogP contribution >= 0.6 is 22.6 Å². The lowest BCUT2D eigenvalue weighted by Gasteiger charge is -2.13. The van der Waals surface area contributed by atoms with Crippen LogP contribution < -0.4 is 10.1 Å². The minimum absolute atomic E-state index is 0.791. The molecule has 2 aromatic heterocycles. The summed E-state index contributed by atoms with van der Waals surface area (Å²) in [5.41, 5.74) is 5.00. The number of rotatable bonds is 4. The van der Waals surface area contributed by atoms with Crippen LogP contribution in [0.5, 0.6) is 5.75 Å². The molecule has 0 spiro atoms. The number of nitrogens with zero attached hydrogens (tertiary/aromatic N) is 3. The van der Waals surface area contributed by atoms with Crippen LogP contribution in [-0.2, 0) is 7.05 Å². The third-order valence-corrected chi connectivity index (χ3v) is 4.91. The molecule has 4 aromatic rings. The average molecular weight is 456 g/mol. The van der Waals surface area contributed by atoms with Crippen LogP contribution in [-0.4, -0.2) is 21.6 Å². The highest BCUT2D eigenvalue weighted by molar-refractivity contribution is 14.1. The number of methoxy groups -OCH3 is 1. The maximum atomic E-state index is 5.49. The summed E-state index contributed by atoms with van der Waals surface area (Å²) in [5.74, 6) is 0.791. The van der Waals surface area contributed by atoms with Crippen molar-refractivity contribution in [1.82, 2.24) is 14.5 Å². The summed E-state index contributed by atoms with van der Waals surface area (Å²) in [4.78, 5) is 8.66. The van der Waals surface area contributed by atoms with Crippen molar-refractivity contribution in [3.8, 4) is 17.0 Å². The number of halogens is 1. The molecule has 0 aliphatic rings. The van der Waals surface area contributed by atoms with Crippen LogP contribution in [0.4, 0.5) is 11.4 Å². The Morgan fingerprint density at radius 1 is 1.12 bits per heavy atom. The van der Waals surface area contributed by atoms with Crippen molar-refractivity contribution in [3.05, 3.63) is 64.8 Å². The van der Waals surface area contributed by atoms with Gasteiger partial charge in [0.2, 0.25) is 0 Å². The van der Waals surface area contributed by atoms with E-state index in [0.717, 1.165) is 39.3 Å². The summed E-state index contributed by atoms with van der Waals surface area (Å²) in [6.45, 7) is 0. The quantitative estimate of drug-likeness (QED) is 0.440. The highest BCUT2D eigenvalue weighted by atomic mass is 127.